The number of methoxy groups -OCH3 is 1. The first-order valence-electron chi connectivity index (χ1n) is 12.4. The number of carbonyl (C=O) groups is 1. The summed E-state index contributed by atoms with van der Waals surface area (Å²) >= 11 is 0. The van der Waals surface area contributed by atoms with Gasteiger partial charge in [-0.1, -0.05) is 96.8 Å². The van der Waals surface area contributed by atoms with Crippen molar-refractivity contribution < 1.29 is 17.9 Å². The number of nitrogens with one attached hydrogen (secondary N) is 1. The molecule has 1 aromatic carbocycles. The smallest absolute Gasteiger partial charge is 0.240 e. The minimum Gasteiger partial charge on any atom is -0.497 e. The molecule has 0 bridgehead atoms. The van der Waals surface area contributed by atoms with Gasteiger partial charge in [0, 0.05) is 12.5 Å². The minimum absolute atomic E-state index is 0.137. The first-order valence-corrected chi connectivity index (χ1v) is 13.9. The number of amides is 1. The molecule has 0 fully saturated rings. The van der Waals surface area contributed by atoms with Crippen molar-refractivity contribution in [3.8, 4) is 5.75 Å². The summed E-state index contributed by atoms with van der Waals surface area (Å²) in [7, 11) is -2.52. The van der Waals surface area contributed by atoms with Gasteiger partial charge in [0.2, 0.25) is 15.9 Å². The van der Waals surface area contributed by atoms with E-state index in [1.165, 1.54) is 96.3 Å². The molecular formula is C25H44N2O4S. The second-order valence-electron chi connectivity index (χ2n) is 8.66. The molecule has 0 radical (unpaired) electrons. The van der Waals surface area contributed by atoms with E-state index < -0.39 is 10.0 Å². The molecule has 0 unspecified atom stereocenters. The molecule has 6 nitrogen and oxygen atoms in total. The Bertz CT molecular complexity index is 750. The van der Waals surface area contributed by atoms with E-state index in [0.717, 1.165) is 19.3 Å². The van der Waals surface area contributed by atoms with Crippen molar-refractivity contribution in [3.63, 3.8) is 0 Å². The first-order chi connectivity index (χ1) is 15.4. The number of benzene rings is 1. The summed E-state index contributed by atoms with van der Waals surface area (Å²) < 4.78 is 28.6. The van der Waals surface area contributed by atoms with E-state index in [0.29, 0.717) is 12.2 Å². The number of ether oxygens (including phenoxy) is 1. The number of rotatable bonds is 19. The van der Waals surface area contributed by atoms with Crippen LogP contribution in [-0.4, -0.2) is 21.4 Å². The number of hydrogen-bond donors (Lipinski definition) is 2. The van der Waals surface area contributed by atoms with Crippen molar-refractivity contribution in [1.29, 1.82) is 0 Å². The molecule has 0 aromatic heterocycles. The quantitative estimate of drug-likeness (QED) is 0.225. The summed E-state index contributed by atoms with van der Waals surface area (Å²) in [5.41, 5.74) is 0.194. The molecule has 0 heterocycles. The molecular weight excluding hydrogens is 424 g/mol. The largest absolute Gasteiger partial charge is 0.497 e. The average molecular weight is 469 g/mol. The molecule has 32 heavy (non-hydrogen) atoms. The van der Waals surface area contributed by atoms with Gasteiger partial charge in [-0.2, -0.15) is 0 Å². The van der Waals surface area contributed by atoms with Crippen molar-refractivity contribution >= 4 is 21.6 Å². The van der Waals surface area contributed by atoms with Crippen molar-refractivity contribution in [3.05, 3.63) is 18.2 Å². The molecule has 0 saturated carbocycles. The summed E-state index contributed by atoms with van der Waals surface area (Å²) in [6.45, 7) is 2.26. The zero-order valence-electron chi connectivity index (χ0n) is 20.2. The average Bonchev–Trinajstić information content (AvgIpc) is 2.76. The van der Waals surface area contributed by atoms with Gasteiger partial charge in [0.25, 0.3) is 0 Å². The SMILES string of the molecule is CCCCCCCCCCCCCCCCCC(=O)Nc1ccc(OC)cc1S(N)(=O)=O. The van der Waals surface area contributed by atoms with E-state index in [9.17, 15) is 13.2 Å². The third-order valence-electron chi connectivity index (χ3n) is 5.78. The van der Waals surface area contributed by atoms with Crippen molar-refractivity contribution in [2.45, 2.75) is 115 Å². The highest BCUT2D eigenvalue weighted by molar-refractivity contribution is 7.89. The molecule has 0 aliphatic heterocycles. The molecule has 0 saturated heterocycles. The maximum absolute atomic E-state index is 12.2. The van der Waals surface area contributed by atoms with E-state index in [-0.39, 0.29) is 16.5 Å². The van der Waals surface area contributed by atoms with Crippen LogP contribution in [-0.2, 0) is 14.8 Å². The van der Waals surface area contributed by atoms with Crippen molar-refractivity contribution in [2.75, 3.05) is 12.4 Å². The number of hydrogen-bond acceptors (Lipinski definition) is 4. The lowest BCUT2D eigenvalue weighted by Crippen LogP contribution is -2.18. The highest BCUT2D eigenvalue weighted by atomic mass is 32.2. The Morgan fingerprint density at radius 3 is 1.75 bits per heavy atom. The number of carbonyl (C=O) groups excluding carboxylic acids is 1. The minimum atomic E-state index is -3.96. The maximum Gasteiger partial charge on any atom is 0.240 e. The third kappa shape index (κ3) is 13.1. The first kappa shape index (κ1) is 28.4. The zero-order valence-corrected chi connectivity index (χ0v) is 21.0. The van der Waals surface area contributed by atoms with Gasteiger partial charge in [-0.05, 0) is 18.6 Å². The van der Waals surface area contributed by atoms with Gasteiger partial charge in [-0.15, -0.1) is 0 Å². The van der Waals surface area contributed by atoms with Gasteiger partial charge in [0.05, 0.1) is 12.8 Å². The predicted octanol–water partition coefficient (Wildman–Crippen LogP) is 6.54. The molecule has 1 amide bonds. The predicted molar refractivity (Wildman–Crippen MR) is 133 cm³/mol. The molecule has 0 spiro atoms. The molecule has 7 heteroatoms. The van der Waals surface area contributed by atoms with Crippen LogP contribution < -0.4 is 15.2 Å². The summed E-state index contributed by atoms with van der Waals surface area (Å²) in [5, 5.41) is 7.92. The highest BCUT2D eigenvalue weighted by Gasteiger charge is 2.17. The van der Waals surface area contributed by atoms with Gasteiger partial charge in [-0.25, -0.2) is 13.6 Å². The Morgan fingerprint density at radius 1 is 0.844 bits per heavy atom. The van der Waals surface area contributed by atoms with Crippen molar-refractivity contribution in [2.24, 2.45) is 5.14 Å². The number of sulfonamides is 1. The normalized spacial score (nSPS) is 11.5. The van der Waals surface area contributed by atoms with Crippen LogP contribution in [0.2, 0.25) is 0 Å². The number of unbranched alkanes of at least 4 members (excludes halogenated alkanes) is 14. The van der Waals surface area contributed by atoms with E-state index in [1.54, 1.807) is 6.07 Å². The van der Waals surface area contributed by atoms with Crippen LogP contribution >= 0.6 is 0 Å². The lowest BCUT2D eigenvalue weighted by molar-refractivity contribution is -0.116. The molecule has 0 aliphatic rings. The van der Waals surface area contributed by atoms with Crippen LogP contribution in [0.3, 0.4) is 0 Å². The van der Waals surface area contributed by atoms with E-state index in [2.05, 4.69) is 12.2 Å². The molecule has 0 atom stereocenters. The van der Waals surface area contributed by atoms with Crippen molar-refractivity contribution in [1.82, 2.24) is 0 Å². The Labute approximate surface area is 195 Å². The van der Waals surface area contributed by atoms with Gasteiger partial charge in [0.15, 0.2) is 0 Å². The zero-order chi connectivity index (χ0) is 23.7. The topological polar surface area (TPSA) is 98.5 Å². The third-order valence-corrected chi connectivity index (χ3v) is 6.73. The summed E-state index contributed by atoms with van der Waals surface area (Å²) in [6.07, 6.45) is 19.5. The van der Waals surface area contributed by atoms with Gasteiger partial charge < -0.3 is 10.1 Å². The van der Waals surface area contributed by atoms with E-state index >= 15 is 0 Å². The fraction of sp³-hybridized carbons (Fsp3) is 0.720. The van der Waals surface area contributed by atoms with Gasteiger partial charge >= 0.3 is 0 Å². The van der Waals surface area contributed by atoms with Crippen LogP contribution in [0.15, 0.2) is 23.1 Å². The van der Waals surface area contributed by atoms with Crippen LogP contribution in [0.25, 0.3) is 0 Å². The van der Waals surface area contributed by atoms with Crippen LogP contribution in [0.4, 0.5) is 5.69 Å². The second-order valence-corrected chi connectivity index (χ2v) is 10.2. The van der Waals surface area contributed by atoms with E-state index in [4.69, 9.17) is 9.88 Å². The Balaban J connectivity index is 2.08. The summed E-state index contributed by atoms with van der Waals surface area (Å²) in [4.78, 5) is 12.1. The van der Waals surface area contributed by atoms with Gasteiger partial charge in [0.1, 0.15) is 10.6 Å². The molecule has 0 aliphatic carbocycles. The summed E-state index contributed by atoms with van der Waals surface area (Å²) in [6, 6.07) is 4.42. The number of anilines is 1. The second kappa shape index (κ2) is 17.0. The fourth-order valence-electron chi connectivity index (χ4n) is 3.84. The van der Waals surface area contributed by atoms with E-state index in [1.807, 2.05) is 0 Å². The summed E-state index contributed by atoms with van der Waals surface area (Å²) in [5.74, 6) is 0.171. The molecule has 1 rings (SSSR count). The Hall–Kier alpha value is -1.60. The fourth-order valence-corrected chi connectivity index (χ4v) is 4.54. The highest BCUT2D eigenvalue weighted by Crippen LogP contribution is 2.25. The lowest BCUT2D eigenvalue weighted by atomic mass is 10.0. The molecule has 3 N–H and O–H groups in total. The monoisotopic (exact) mass is 468 g/mol. The Morgan fingerprint density at radius 2 is 1.31 bits per heavy atom. The van der Waals surface area contributed by atoms with Crippen LogP contribution in [0, 0.1) is 0 Å². The molecule has 184 valence electrons. The van der Waals surface area contributed by atoms with Crippen LogP contribution in [0.1, 0.15) is 110 Å². The van der Waals surface area contributed by atoms with Gasteiger partial charge in [-0.3, -0.25) is 4.79 Å². The Kier molecular flexibility index (Phi) is 15.1. The molecule has 1 aromatic rings. The lowest BCUT2D eigenvalue weighted by Gasteiger charge is -2.11. The maximum atomic E-state index is 12.2. The van der Waals surface area contributed by atoms with Crippen LogP contribution in [0.5, 0.6) is 5.75 Å². The standard InChI is InChI=1S/C25H44N2O4S/c1-3-4-5-6-7-8-9-10-11-12-13-14-15-16-17-18-25(28)27-23-20-19-22(31-2)21-24(23)32(26,29)30/h19-21H,3-18H2,1-2H3,(H,27,28)(H2,26,29,30). The number of nitrogens with two attached hydrogens (primary N) is 1. The number of primary sulfonamides is 1.